The van der Waals surface area contributed by atoms with Crippen molar-refractivity contribution in [3.8, 4) is 0 Å². The number of nitrogens with two attached hydrogens (primary N) is 2. The van der Waals surface area contributed by atoms with Crippen LogP contribution in [0, 0.1) is 6.92 Å². The number of amides is 1. The van der Waals surface area contributed by atoms with Gasteiger partial charge in [-0.1, -0.05) is 0 Å². The molecule has 0 saturated carbocycles. The number of carbonyl (C=O) groups excluding carboxylic acids is 1. The van der Waals surface area contributed by atoms with Crippen molar-refractivity contribution < 1.29 is 14.7 Å². The molecule has 17 heavy (non-hydrogen) atoms. The Hall–Kier alpha value is -2.15. The summed E-state index contributed by atoms with van der Waals surface area (Å²) >= 11 is 1.00. The number of nitrogens with zero attached hydrogens (tertiary/aromatic N) is 1. The number of hydrogen-bond acceptors (Lipinski definition) is 5. The van der Waals surface area contributed by atoms with E-state index >= 15 is 0 Å². The number of anilines is 1. The van der Waals surface area contributed by atoms with Crippen LogP contribution in [0.15, 0.2) is 6.07 Å². The quantitative estimate of drug-likeness (QED) is 0.735. The molecule has 0 aliphatic carbocycles. The first-order valence-corrected chi connectivity index (χ1v) is 5.46. The van der Waals surface area contributed by atoms with Crippen LogP contribution in [0.3, 0.4) is 0 Å². The van der Waals surface area contributed by atoms with E-state index in [9.17, 15) is 9.59 Å². The van der Waals surface area contributed by atoms with Gasteiger partial charge < -0.3 is 16.6 Å². The number of carboxylic acids is 1. The average Bonchev–Trinajstić information content (AvgIpc) is 2.54. The van der Waals surface area contributed by atoms with Gasteiger partial charge in [0.05, 0.1) is 11.3 Å². The monoisotopic (exact) mass is 251 g/mol. The van der Waals surface area contributed by atoms with Crippen molar-refractivity contribution in [3.63, 3.8) is 0 Å². The van der Waals surface area contributed by atoms with Gasteiger partial charge in [0, 0.05) is 11.1 Å². The third kappa shape index (κ3) is 1.70. The van der Waals surface area contributed by atoms with Crippen LogP contribution >= 0.6 is 11.3 Å². The van der Waals surface area contributed by atoms with E-state index in [0.29, 0.717) is 10.5 Å². The van der Waals surface area contributed by atoms with Crippen molar-refractivity contribution in [2.24, 2.45) is 5.73 Å². The molecule has 0 atom stereocenters. The second-order valence-corrected chi connectivity index (χ2v) is 4.50. The SMILES string of the molecule is Cc1cc(C(=O)O)c2c(N)c(C(N)=O)sc2n1. The first-order valence-electron chi connectivity index (χ1n) is 4.64. The summed E-state index contributed by atoms with van der Waals surface area (Å²) in [6.45, 7) is 1.67. The third-order valence-corrected chi connectivity index (χ3v) is 3.40. The molecule has 0 fully saturated rings. The van der Waals surface area contributed by atoms with Crippen molar-refractivity contribution in [2.75, 3.05) is 5.73 Å². The van der Waals surface area contributed by atoms with E-state index in [4.69, 9.17) is 16.6 Å². The first-order chi connectivity index (χ1) is 7.91. The van der Waals surface area contributed by atoms with Crippen LogP contribution in [0.25, 0.3) is 10.2 Å². The van der Waals surface area contributed by atoms with Crippen molar-refractivity contribution in [3.05, 3.63) is 22.2 Å². The van der Waals surface area contributed by atoms with Gasteiger partial charge in [0.25, 0.3) is 5.91 Å². The van der Waals surface area contributed by atoms with Gasteiger partial charge in [-0.2, -0.15) is 0 Å². The van der Waals surface area contributed by atoms with E-state index in [1.54, 1.807) is 6.92 Å². The van der Waals surface area contributed by atoms with Gasteiger partial charge in [-0.15, -0.1) is 11.3 Å². The molecule has 7 heteroatoms. The molecule has 1 amide bonds. The Morgan fingerprint density at radius 1 is 1.47 bits per heavy atom. The number of aromatic nitrogens is 1. The second-order valence-electron chi connectivity index (χ2n) is 3.51. The molecule has 0 aromatic carbocycles. The number of aryl methyl sites for hydroxylation is 1. The maximum Gasteiger partial charge on any atom is 0.336 e. The number of nitrogen functional groups attached to an aromatic ring is 1. The average molecular weight is 251 g/mol. The van der Waals surface area contributed by atoms with Crippen LogP contribution in [0.2, 0.25) is 0 Å². The predicted octanol–water partition coefficient (Wildman–Crippen LogP) is 0.984. The molecule has 2 rings (SSSR count). The third-order valence-electron chi connectivity index (χ3n) is 2.28. The van der Waals surface area contributed by atoms with Crippen molar-refractivity contribution >= 4 is 39.1 Å². The zero-order chi connectivity index (χ0) is 12.7. The summed E-state index contributed by atoms with van der Waals surface area (Å²) in [5.41, 5.74) is 11.6. The van der Waals surface area contributed by atoms with Crippen LogP contribution in [-0.4, -0.2) is 22.0 Å². The number of fused-ring (bicyclic) bond motifs is 1. The van der Waals surface area contributed by atoms with E-state index in [1.807, 2.05) is 0 Å². The maximum atomic E-state index is 11.1. The van der Waals surface area contributed by atoms with Gasteiger partial charge in [0.2, 0.25) is 0 Å². The zero-order valence-corrected chi connectivity index (χ0v) is 9.67. The van der Waals surface area contributed by atoms with Crippen LogP contribution in [0.5, 0.6) is 0 Å². The number of rotatable bonds is 2. The minimum atomic E-state index is -1.11. The summed E-state index contributed by atoms with van der Waals surface area (Å²) in [6, 6.07) is 1.42. The first kappa shape index (κ1) is 11.3. The lowest BCUT2D eigenvalue weighted by Crippen LogP contribution is -2.11. The van der Waals surface area contributed by atoms with Crippen molar-refractivity contribution in [2.45, 2.75) is 6.92 Å². The lowest BCUT2D eigenvalue weighted by molar-refractivity contribution is 0.0698. The van der Waals surface area contributed by atoms with E-state index < -0.39 is 11.9 Å². The minimum Gasteiger partial charge on any atom is -0.478 e. The molecule has 2 aromatic heterocycles. The fourth-order valence-electron chi connectivity index (χ4n) is 1.60. The lowest BCUT2D eigenvalue weighted by Gasteiger charge is -2.00. The fraction of sp³-hybridized carbons (Fsp3) is 0.100. The molecule has 6 nitrogen and oxygen atoms in total. The highest BCUT2D eigenvalue weighted by molar-refractivity contribution is 7.21. The number of primary amides is 1. The predicted molar refractivity (Wildman–Crippen MR) is 64.2 cm³/mol. The molecule has 0 aliphatic heterocycles. The van der Waals surface area contributed by atoms with Crippen LogP contribution in [0.1, 0.15) is 25.7 Å². The van der Waals surface area contributed by atoms with Gasteiger partial charge in [0.15, 0.2) is 0 Å². The fourth-order valence-corrected chi connectivity index (χ4v) is 2.61. The number of aromatic carboxylic acids is 1. The second kappa shape index (κ2) is 3.70. The Kier molecular flexibility index (Phi) is 2.47. The molecule has 88 valence electrons. The van der Waals surface area contributed by atoms with Gasteiger partial charge >= 0.3 is 5.97 Å². The molecule has 2 aromatic rings. The van der Waals surface area contributed by atoms with Gasteiger partial charge in [-0.25, -0.2) is 9.78 Å². The van der Waals surface area contributed by atoms with Gasteiger partial charge in [-0.05, 0) is 13.0 Å². The van der Waals surface area contributed by atoms with E-state index in [2.05, 4.69) is 4.98 Å². The number of carbonyl (C=O) groups is 2. The smallest absolute Gasteiger partial charge is 0.336 e. The highest BCUT2D eigenvalue weighted by Crippen LogP contribution is 2.34. The molecular formula is C10H9N3O3S. The van der Waals surface area contributed by atoms with Crippen LogP contribution in [0.4, 0.5) is 5.69 Å². The van der Waals surface area contributed by atoms with Crippen LogP contribution in [-0.2, 0) is 0 Å². The molecule has 5 N–H and O–H groups in total. The van der Waals surface area contributed by atoms with E-state index in [1.165, 1.54) is 6.07 Å². The highest BCUT2D eigenvalue weighted by atomic mass is 32.1. The molecular weight excluding hydrogens is 242 g/mol. The molecule has 0 spiro atoms. The number of carboxylic acid groups (broad SMARTS) is 1. The van der Waals surface area contributed by atoms with Gasteiger partial charge in [-0.3, -0.25) is 4.79 Å². The van der Waals surface area contributed by atoms with E-state index in [-0.39, 0.29) is 21.5 Å². The Bertz CT molecular complexity index is 648. The Labute approximate surface area is 99.9 Å². The number of hydrogen-bond donors (Lipinski definition) is 3. The summed E-state index contributed by atoms with van der Waals surface area (Å²) in [7, 11) is 0. The normalized spacial score (nSPS) is 10.6. The molecule has 0 saturated heterocycles. The number of pyridine rings is 1. The van der Waals surface area contributed by atoms with Crippen molar-refractivity contribution in [1.82, 2.24) is 4.98 Å². The summed E-state index contributed by atoms with van der Waals surface area (Å²) in [5.74, 6) is -1.79. The maximum absolute atomic E-state index is 11.1. The molecule has 2 heterocycles. The number of thiophene rings is 1. The van der Waals surface area contributed by atoms with Gasteiger partial charge in [0.1, 0.15) is 9.71 Å². The largest absolute Gasteiger partial charge is 0.478 e. The van der Waals surface area contributed by atoms with E-state index in [0.717, 1.165) is 11.3 Å². The molecule has 0 aliphatic rings. The Morgan fingerprint density at radius 2 is 2.12 bits per heavy atom. The lowest BCUT2D eigenvalue weighted by atomic mass is 10.1. The summed E-state index contributed by atoms with van der Waals surface area (Å²) in [6.07, 6.45) is 0. The zero-order valence-electron chi connectivity index (χ0n) is 8.85. The highest BCUT2D eigenvalue weighted by Gasteiger charge is 2.20. The summed E-state index contributed by atoms with van der Waals surface area (Å²) < 4.78 is 0. The van der Waals surface area contributed by atoms with Crippen molar-refractivity contribution in [1.29, 1.82) is 0 Å². The molecule has 0 unspecified atom stereocenters. The topological polar surface area (TPSA) is 119 Å². The minimum absolute atomic E-state index is 0.0359. The van der Waals surface area contributed by atoms with Crippen LogP contribution < -0.4 is 11.5 Å². The standard InChI is InChI=1S/C10H9N3O3S/c1-3-2-4(10(15)16)5-6(11)7(8(12)14)17-9(5)13-3/h2H,11H2,1H3,(H2,12,14)(H,15,16). The summed E-state index contributed by atoms with van der Waals surface area (Å²) in [5, 5.41) is 9.36. The molecule has 0 radical (unpaired) electrons. The molecule has 0 bridgehead atoms. The Balaban J connectivity index is 2.92. The summed E-state index contributed by atoms with van der Waals surface area (Å²) in [4.78, 5) is 26.9. The Morgan fingerprint density at radius 3 is 2.65 bits per heavy atom.